The lowest BCUT2D eigenvalue weighted by molar-refractivity contribution is -0.383. The summed E-state index contributed by atoms with van der Waals surface area (Å²) in [5, 5.41) is 17.3. The second kappa shape index (κ2) is 8.06. The number of methoxy groups -OCH3 is 2. The molecule has 9 nitrogen and oxygen atoms in total. The van der Waals surface area contributed by atoms with Crippen molar-refractivity contribution in [3.8, 4) is 5.75 Å². The molecule has 0 fully saturated rings. The molecule has 0 saturated heterocycles. The van der Waals surface area contributed by atoms with Crippen LogP contribution < -0.4 is 15.4 Å². The molecule has 0 radical (unpaired) electrons. The van der Waals surface area contributed by atoms with Crippen LogP contribution in [-0.4, -0.2) is 42.3 Å². The fourth-order valence-corrected chi connectivity index (χ4v) is 2.09. The lowest BCUT2D eigenvalue weighted by Gasteiger charge is -2.13. The fraction of sp³-hybridized carbons (Fsp3) is 0.333. The molecular weight excluding hydrogens is 314 g/mol. The van der Waals surface area contributed by atoms with E-state index in [4.69, 9.17) is 9.47 Å². The number of hydrogen-bond donors (Lipinski definition) is 2. The highest BCUT2D eigenvalue weighted by atomic mass is 16.6. The van der Waals surface area contributed by atoms with Crippen molar-refractivity contribution in [2.75, 3.05) is 38.0 Å². The number of aryl methyl sites for hydroxylation is 1. The summed E-state index contributed by atoms with van der Waals surface area (Å²) >= 11 is 0. The van der Waals surface area contributed by atoms with Gasteiger partial charge in [0.25, 0.3) is 0 Å². The molecule has 9 heteroatoms. The van der Waals surface area contributed by atoms with Crippen LogP contribution in [0.4, 0.5) is 23.0 Å². The predicted molar refractivity (Wildman–Crippen MR) is 90.1 cm³/mol. The van der Waals surface area contributed by atoms with Crippen molar-refractivity contribution in [2.24, 2.45) is 0 Å². The zero-order valence-electron chi connectivity index (χ0n) is 13.7. The van der Waals surface area contributed by atoms with Crippen molar-refractivity contribution >= 4 is 23.0 Å². The molecule has 1 aromatic carbocycles. The van der Waals surface area contributed by atoms with Gasteiger partial charge in [-0.05, 0) is 24.6 Å². The molecule has 2 rings (SSSR count). The minimum atomic E-state index is -0.528. The summed E-state index contributed by atoms with van der Waals surface area (Å²) in [6.07, 6.45) is 1.26. The van der Waals surface area contributed by atoms with Gasteiger partial charge >= 0.3 is 5.69 Å². The average Bonchev–Trinajstić information content (AvgIpc) is 2.55. The summed E-state index contributed by atoms with van der Waals surface area (Å²) in [5.74, 6) is 0.766. The number of nitrogens with one attached hydrogen (secondary N) is 2. The Morgan fingerprint density at radius 2 is 2.00 bits per heavy atom. The highest BCUT2D eigenvalue weighted by Crippen LogP contribution is 2.34. The van der Waals surface area contributed by atoms with Gasteiger partial charge in [-0.2, -0.15) is 0 Å². The van der Waals surface area contributed by atoms with Crippen molar-refractivity contribution in [1.29, 1.82) is 0 Å². The maximum absolute atomic E-state index is 11.5. The lowest BCUT2D eigenvalue weighted by atomic mass is 10.2. The maximum Gasteiger partial charge on any atom is 0.353 e. The van der Waals surface area contributed by atoms with Crippen molar-refractivity contribution in [3.05, 3.63) is 40.2 Å². The highest BCUT2D eigenvalue weighted by molar-refractivity contribution is 5.76. The molecule has 0 saturated carbocycles. The van der Waals surface area contributed by atoms with E-state index in [0.717, 1.165) is 5.56 Å². The monoisotopic (exact) mass is 333 g/mol. The van der Waals surface area contributed by atoms with E-state index >= 15 is 0 Å². The van der Waals surface area contributed by atoms with E-state index in [1.54, 1.807) is 13.2 Å². The van der Waals surface area contributed by atoms with E-state index in [2.05, 4.69) is 20.6 Å². The molecule has 0 amide bonds. The first kappa shape index (κ1) is 17.4. The van der Waals surface area contributed by atoms with Gasteiger partial charge in [0.05, 0.1) is 24.3 Å². The number of ether oxygens (including phenoxy) is 2. The third-order valence-corrected chi connectivity index (χ3v) is 3.21. The Morgan fingerprint density at radius 3 is 2.67 bits per heavy atom. The molecule has 0 aliphatic heterocycles. The Bertz CT molecular complexity index is 723. The molecule has 2 aromatic rings. The van der Waals surface area contributed by atoms with E-state index in [9.17, 15) is 10.1 Å². The van der Waals surface area contributed by atoms with Crippen LogP contribution in [0.15, 0.2) is 24.5 Å². The number of rotatable bonds is 8. The minimum Gasteiger partial charge on any atom is -0.495 e. The zero-order chi connectivity index (χ0) is 17.5. The molecule has 0 atom stereocenters. The van der Waals surface area contributed by atoms with Crippen molar-refractivity contribution in [1.82, 2.24) is 9.97 Å². The van der Waals surface area contributed by atoms with Gasteiger partial charge in [-0.15, -0.1) is 0 Å². The number of aromatic nitrogens is 2. The summed E-state index contributed by atoms with van der Waals surface area (Å²) in [7, 11) is 3.08. The topological polar surface area (TPSA) is 111 Å². The van der Waals surface area contributed by atoms with Crippen LogP contribution in [0.25, 0.3) is 0 Å². The first-order chi connectivity index (χ1) is 11.6. The van der Waals surface area contributed by atoms with Crippen LogP contribution >= 0.6 is 0 Å². The molecular formula is C15H19N5O4. The zero-order valence-corrected chi connectivity index (χ0v) is 13.7. The third kappa shape index (κ3) is 4.07. The van der Waals surface area contributed by atoms with E-state index in [-0.39, 0.29) is 17.3 Å². The second-order valence-electron chi connectivity index (χ2n) is 4.92. The van der Waals surface area contributed by atoms with Crippen LogP contribution in [0.2, 0.25) is 0 Å². The number of benzene rings is 1. The summed E-state index contributed by atoms with van der Waals surface area (Å²) in [5.41, 5.74) is 1.33. The summed E-state index contributed by atoms with van der Waals surface area (Å²) in [4.78, 5) is 18.9. The predicted octanol–water partition coefficient (Wildman–Crippen LogP) is 2.50. The van der Waals surface area contributed by atoms with Crippen molar-refractivity contribution < 1.29 is 14.4 Å². The molecule has 2 N–H and O–H groups in total. The Morgan fingerprint density at radius 1 is 1.25 bits per heavy atom. The normalized spacial score (nSPS) is 10.3. The Balaban J connectivity index is 2.38. The van der Waals surface area contributed by atoms with Gasteiger partial charge in [0, 0.05) is 13.7 Å². The van der Waals surface area contributed by atoms with Gasteiger partial charge in [0.2, 0.25) is 11.6 Å². The highest BCUT2D eigenvalue weighted by Gasteiger charge is 2.23. The summed E-state index contributed by atoms with van der Waals surface area (Å²) in [6, 6.07) is 5.49. The van der Waals surface area contributed by atoms with Crippen LogP contribution in [0, 0.1) is 17.0 Å². The Kier molecular flexibility index (Phi) is 5.85. The molecule has 0 bridgehead atoms. The molecule has 0 aliphatic carbocycles. The summed E-state index contributed by atoms with van der Waals surface area (Å²) < 4.78 is 10.2. The molecule has 24 heavy (non-hydrogen) atoms. The van der Waals surface area contributed by atoms with Gasteiger partial charge < -0.3 is 20.1 Å². The van der Waals surface area contributed by atoms with Gasteiger partial charge in [-0.1, -0.05) is 6.07 Å². The van der Waals surface area contributed by atoms with Crippen LogP contribution in [-0.2, 0) is 4.74 Å². The van der Waals surface area contributed by atoms with Crippen molar-refractivity contribution in [3.63, 3.8) is 0 Å². The second-order valence-corrected chi connectivity index (χ2v) is 4.92. The number of anilines is 3. The van der Waals surface area contributed by atoms with E-state index in [0.29, 0.717) is 24.6 Å². The lowest BCUT2D eigenvalue weighted by Crippen LogP contribution is -2.12. The SMILES string of the molecule is COCCNc1ncnc(Nc2cc(C)ccc2OC)c1[N+](=O)[O-]. The first-order valence-corrected chi connectivity index (χ1v) is 7.20. The third-order valence-electron chi connectivity index (χ3n) is 3.21. The quantitative estimate of drug-likeness (QED) is 0.430. The molecule has 0 aliphatic rings. The van der Waals surface area contributed by atoms with Gasteiger partial charge in [-0.25, -0.2) is 9.97 Å². The van der Waals surface area contributed by atoms with E-state index < -0.39 is 4.92 Å². The molecule has 1 heterocycles. The van der Waals surface area contributed by atoms with Gasteiger partial charge in [0.1, 0.15) is 12.1 Å². The smallest absolute Gasteiger partial charge is 0.353 e. The molecule has 0 spiro atoms. The maximum atomic E-state index is 11.5. The minimum absolute atomic E-state index is 0.0822. The van der Waals surface area contributed by atoms with Crippen LogP contribution in [0.5, 0.6) is 5.75 Å². The Hall–Kier alpha value is -2.94. The standard InChI is InChI=1S/C15H19N5O4/c1-10-4-5-12(24-3)11(8-10)19-15-13(20(21)22)14(17-9-18-15)16-6-7-23-2/h4-5,8-9H,6-7H2,1-3H3,(H2,16,17,18,19). The van der Waals surface area contributed by atoms with Gasteiger partial charge in [0.15, 0.2) is 0 Å². The fourth-order valence-electron chi connectivity index (χ4n) is 2.09. The number of nitro groups is 1. The van der Waals surface area contributed by atoms with E-state index in [1.807, 2.05) is 19.1 Å². The largest absolute Gasteiger partial charge is 0.495 e. The van der Waals surface area contributed by atoms with Crippen LogP contribution in [0.1, 0.15) is 5.56 Å². The molecule has 128 valence electrons. The average molecular weight is 333 g/mol. The van der Waals surface area contributed by atoms with Crippen LogP contribution in [0.3, 0.4) is 0 Å². The molecule has 0 unspecified atom stereocenters. The van der Waals surface area contributed by atoms with E-state index in [1.165, 1.54) is 13.4 Å². The summed E-state index contributed by atoms with van der Waals surface area (Å²) in [6.45, 7) is 2.70. The Labute approximate surface area is 139 Å². The number of hydrogen-bond acceptors (Lipinski definition) is 8. The van der Waals surface area contributed by atoms with Crippen molar-refractivity contribution in [2.45, 2.75) is 6.92 Å². The number of nitrogens with zero attached hydrogens (tertiary/aromatic N) is 3. The molecule has 1 aromatic heterocycles. The van der Waals surface area contributed by atoms with Gasteiger partial charge in [-0.3, -0.25) is 10.1 Å². The first-order valence-electron chi connectivity index (χ1n) is 7.20.